The lowest BCUT2D eigenvalue weighted by molar-refractivity contribution is 0.893. The molecule has 0 fully saturated rings. The van der Waals surface area contributed by atoms with Crippen LogP contribution in [0, 0.1) is 6.92 Å². The van der Waals surface area contributed by atoms with Crippen LogP contribution in [-0.4, -0.2) is 14.6 Å². The van der Waals surface area contributed by atoms with E-state index in [0.29, 0.717) is 0 Å². The van der Waals surface area contributed by atoms with Crippen molar-refractivity contribution in [3.8, 4) is 0 Å². The molecule has 0 N–H and O–H groups in total. The third-order valence-corrected chi connectivity index (χ3v) is 2.97. The molecule has 0 atom stereocenters. The molecular formula is C9H10BrN3. The molecule has 0 aromatic carbocycles. The van der Waals surface area contributed by atoms with Crippen LogP contribution in [0.3, 0.4) is 0 Å². The fourth-order valence-corrected chi connectivity index (χ4v) is 1.60. The fourth-order valence-electron chi connectivity index (χ4n) is 1.24. The van der Waals surface area contributed by atoms with Crippen LogP contribution in [0.5, 0.6) is 0 Å². The smallest absolute Gasteiger partial charge is 0.169 e. The summed E-state index contributed by atoms with van der Waals surface area (Å²) in [4.78, 5) is 4.33. The van der Waals surface area contributed by atoms with E-state index in [9.17, 15) is 0 Å². The molecule has 68 valence electrons. The predicted molar refractivity (Wildman–Crippen MR) is 54.8 cm³/mol. The number of aromatic nitrogens is 3. The standard InChI is InChI=1S/C9H10BrN3/c1-3-7-4-11-9-8(10)6(2)12-13(9)5-7/h4-5H,3H2,1-2H3. The van der Waals surface area contributed by atoms with E-state index >= 15 is 0 Å². The summed E-state index contributed by atoms with van der Waals surface area (Å²) in [5.41, 5.74) is 3.05. The Bertz CT molecular complexity index is 447. The second-order valence-corrected chi connectivity index (χ2v) is 3.78. The monoisotopic (exact) mass is 239 g/mol. The predicted octanol–water partition coefficient (Wildman–Crippen LogP) is 2.36. The maximum absolute atomic E-state index is 4.33. The quantitative estimate of drug-likeness (QED) is 0.765. The van der Waals surface area contributed by atoms with Crippen molar-refractivity contribution in [2.45, 2.75) is 20.3 Å². The van der Waals surface area contributed by atoms with Crippen molar-refractivity contribution in [2.24, 2.45) is 0 Å². The van der Waals surface area contributed by atoms with Crippen LogP contribution < -0.4 is 0 Å². The Balaban J connectivity index is 2.73. The minimum atomic E-state index is 0.884. The topological polar surface area (TPSA) is 30.2 Å². The number of fused-ring (bicyclic) bond motifs is 1. The van der Waals surface area contributed by atoms with Gasteiger partial charge < -0.3 is 0 Å². The highest BCUT2D eigenvalue weighted by molar-refractivity contribution is 9.10. The number of halogens is 1. The summed E-state index contributed by atoms with van der Waals surface area (Å²) >= 11 is 3.45. The van der Waals surface area contributed by atoms with Crippen molar-refractivity contribution in [3.05, 3.63) is 28.1 Å². The van der Waals surface area contributed by atoms with Gasteiger partial charge in [-0.1, -0.05) is 6.92 Å². The van der Waals surface area contributed by atoms with Gasteiger partial charge in [0.05, 0.1) is 10.2 Å². The van der Waals surface area contributed by atoms with Gasteiger partial charge in [0.1, 0.15) is 0 Å². The molecule has 0 radical (unpaired) electrons. The lowest BCUT2D eigenvalue weighted by Crippen LogP contribution is -1.93. The number of hydrogen-bond acceptors (Lipinski definition) is 2. The molecule has 2 aromatic rings. The van der Waals surface area contributed by atoms with E-state index in [0.717, 1.165) is 22.2 Å². The Kier molecular flexibility index (Phi) is 2.07. The summed E-state index contributed by atoms with van der Waals surface area (Å²) in [6.07, 6.45) is 4.89. The molecule has 3 nitrogen and oxygen atoms in total. The Morgan fingerprint density at radius 1 is 1.54 bits per heavy atom. The van der Waals surface area contributed by atoms with Gasteiger partial charge in [0.25, 0.3) is 0 Å². The van der Waals surface area contributed by atoms with Crippen molar-refractivity contribution in [2.75, 3.05) is 0 Å². The zero-order chi connectivity index (χ0) is 9.42. The highest BCUT2D eigenvalue weighted by atomic mass is 79.9. The first-order valence-corrected chi connectivity index (χ1v) is 5.01. The van der Waals surface area contributed by atoms with Gasteiger partial charge in [-0.15, -0.1) is 0 Å². The molecular weight excluding hydrogens is 230 g/mol. The summed E-state index contributed by atoms with van der Waals surface area (Å²) < 4.78 is 2.80. The molecule has 2 aromatic heterocycles. The van der Waals surface area contributed by atoms with Crippen LogP contribution >= 0.6 is 15.9 Å². The first-order chi connectivity index (χ1) is 6.22. The Morgan fingerprint density at radius 2 is 2.31 bits per heavy atom. The fraction of sp³-hybridized carbons (Fsp3) is 0.333. The van der Waals surface area contributed by atoms with Gasteiger partial charge >= 0.3 is 0 Å². The van der Waals surface area contributed by atoms with E-state index in [-0.39, 0.29) is 0 Å². The molecule has 0 spiro atoms. The molecule has 13 heavy (non-hydrogen) atoms. The molecule has 2 rings (SSSR count). The van der Waals surface area contributed by atoms with E-state index < -0.39 is 0 Å². The Morgan fingerprint density at radius 3 is 3.00 bits per heavy atom. The van der Waals surface area contributed by atoms with E-state index in [2.05, 4.69) is 32.9 Å². The van der Waals surface area contributed by atoms with Gasteiger partial charge in [0.2, 0.25) is 0 Å². The zero-order valence-corrected chi connectivity index (χ0v) is 9.17. The molecule has 0 saturated heterocycles. The molecule has 0 saturated carbocycles. The van der Waals surface area contributed by atoms with Crippen LogP contribution in [0.25, 0.3) is 5.65 Å². The summed E-state index contributed by atoms with van der Waals surface area (Å²) in [5.74, 6) is 0. The van der Waals surface area contributed by atoms with Crippen LogP contribution in [-0.2, 0) is 6.42 Å². The second-order valence-electron chi connectivity index (χ2n) is 2.98. The first-order valence-electron chi connectivity index (χ1n) is 4.21. The van der Waals surface area contributed by atoms with E-state index in [1.807, 2.05) is 23.8 Å². The first kappa shape index (κ1) is 8.69. The maximum Gasteiger partial charge on any atom is 0.169 e. The SMILES string of the molecule is CCc1cnc2c(Br)c(C)nn2c1. The Labute approximate surface area is 84.9 Å². The van der Waals surface area contributed by atoms with Gasteiger partial charge in [-0.2, -0.15) is 5.10 Å². The average molecular weight is 240 g/mol. The molecule has 0 aliphatic carbocycles. The van der Waals surface area contributed by atoms with Crippen molar-refractivity contribution >= 4 is 21.6 Å². The van der Waals surface area contributed by atoms with E-state index in [1.54, 1.807) is 0 Å². The van der Waals surface area contributed by atoms with Gasteiger partial charge in [-0.05, 0) is 34.8 Å². The van der Waals surface area contributed by atoms with E-state index in [1.165, 1.54) is 5.56 Å². The molecule has 4 heteroatoms. The third-order valence-electron chi connectivity index (χ3n) is 2.04. The summed E-state index contributed by atoms with van der Waals surface area (Å²) in [6, 6.07) is 0. The average Bonchev–Trinajstić information content (AvgIpc) is 2.42. The highest BCUT2D eigenvalue weighted by Gasteiger charge is 2.06. The summed E-state index contributed by atoms with van der Waals surface area (Å²) in [7, 11) is 0. The van der Waals surface area contributed by atoms with Crippen molar-refractivity contribution in [1.29, 1.82) is 0 Å². The van der Waals surface area contributed by atoms with Crippen LogP contribution in [0.15, 0.2) is 16.9 Å². The normalized spacial score (nSPS) is 11.0. The lowest BCUT2D eigenvalue weighted by Gasteiger charge is -1.96. The molecule has 0 bridgehead atoms. The number of rotatable bonds is 1. The van der Waals surface area contributed by atoms with Crippen molar-refractivity contribution in [1.82, 2.24) is 14.6 Å². The number of hydrogen-bond donors (Lipinski definition) is 0. The van der Waals surface area contributed by atoms with Gasteiger partial charge in [0.15, 0.2) is 5.65 Å². The molecule has 0 unspecified atom stereocenters. The molecule has 0 amide bonds. The highest BCUT2D eigenvalue weighted by Crippen LogP contribution is 2.19. The van der Waals surface area contributed by atoms with Crippen LogP contribution in [0.2, 0.25) is 0 Å². The minimum Gasteiger partial charge on any atom is -0.236 e. The Hall–Kier alpha value is -0.900. The van der Waals surface area contributed by atoms with Gasteiger partial charge in [-0.3, -0.25) is 0 Å². The lowest BCUT2D eigenvalue weighted by atomic mass is 10.3. The van der Waals surface area contributed by atoms with Crippen molar-refractivity contribution < 1.29 is 0 Å². The molecule has 2 heterocycles. The third kappa shape index (κ3) is 1.35. The largest absolute Gasteiger partial charge is 0.236 e. The van der Waals surface area contributed by atoms with Crippen LogP contribution in [0.4, 0.5) is 0 Å². The van der Waals surface area contributed by atoms with Crippen LogP contribution in [0.1, 0.15) is 18.2 Å². The van der Waals surface area contributed by atoms with E-state index in [4.69, 9.17) is 0 Å². The van der Waals surface area contributed by atoms with Gasteiger partial charge in [0, 0.05) is 12.4 Å². The second kappa shape index (κ2) is 3.10. The van der Waals surface area contributed by atoms with Crippen molar-refractivity contribution in [3.63, 3.8) is 0 Å². The summed E-state index contributed by atoms with van der Waals surface area (Å²) in [5, 5.41) is 4.33. The summed E-state index contributed by atoms with van der Waals surface area (Å²) in [6.45, 7) is 4.07. The number of aryl methyl sites for hydroxylation is 2. The molecule has 0 aliphatic heterocycles. The minimum absolute atomic E-state index is 0.884. The number of nitrogens with zero attached hydrogens (tertiary/aromatic N) is 3. The zero-order valence-electron chi connectivity index (χ0n) is 7.58. The maximum atomic E-state index is 4.33. The molecule has 0 aliphatic rings. The van der Waals surface area contributed by atoms with Gasteiger partial charge in [-0.25, -0.2) is 9.50 Å².